The first kappa shape index (κ1) is 17.3. The van der Waals surface area contributed by atoms with Gasteiger partial charge in [-0.1, -0.05) is 11.6 Å². The highest BCUT2D eigenvalue weighted by Gasteiger charge is 2.20. The van der Waals surface area contributed by atoms with Gasteiger partial charge in [0.2, 0.25) is 5.91 Å². The molecule has 1 fully saturated rings. The molecule has 0 spiro atoms. The molecule has 0 saturated carbocycles. The van der Waals surface area contributed by atoms with Gasteiger partial charge < -0.3 is 19.9 Å². The highest BCUT2D eigenvalue weighted by atomic mass is 35.5. The normalized spacial score (nSPS) is 14.4. The van der Waals surface area contributed by atoms with E-state index in [1.807, 2.05) is 11.0 Å². The van der Waals surface area contributed by atoms with Gasteiger partial charge in [0.05, 0.1) is 12.8 Å². The number of halogens is 1. The highest BCUT2D eigenvalue weighted by molar-refractivity contribution is 6.31. The number of aromatic nitrogens is 2. The number of carbonyl (C=O) groups excluding carboxylic acids is 1. The lowest BCUT2D eigenvalue weighted by molar-refractivity contribution is -0.129. The van der Waals surface area contributed by atoms with E-state index in [9.17, 15) is 4.79 Å². The minimum absolute atomic E-state index is 0.109. The van der Waals surface area contributed by atoms with Gasteiger partial charge in [-0.15, -0.1) is 0 Å². The minimum atomic E-state index is 0.109. The molecule has 0 unspecified atom stereocenters. The first-order valence-corrected chi connectivity index (χ1v) is 8.37. The minimum Gasteiger partial charge on any atom is -0.495 e. The van der Waals surface area contributed by atoms with Gasteiger partial charge in [-0.25, -0.2) is 9.97 Å². The summed E-state index contributed by atoms with van der Waals surface area (Å²) in [6, 6.07) is 7.23. The van der Waals surface area contributed by atoms with Crippen LogP contribution in [0.15, 0.2) is 30.6 Å². The number of ether oxygens (including phenoxy) is 1. The Labute approximate surface area is 151 Å². The van der Waals surface area contributed by atoms with Gasteiger partial charge in [0.25, 0.3) is 0 Å². The number of anilines is 3. The molecule has 2 aromatic rings. The van der Waals surface area contributed by atoms with Gasteiger partial charge >= 0.3 is 0 Å². The molecule has 1 aromatic heterocycles. The molecule has 1 aliphatic rings. The van der Waals surface area contributed by atoms with E-state index in [2.05, 4.69) is 20.2 Å². The summed E-state index contributed by atoms with van der Waals surface area (Å²) >= 11 is 6.06. The van der Waals surface area contributed by atoms with Crippen LogP contribution < -0.4 is 15.0 Å². The maximum absolute atomic E-state index is 11.4. The van der Waals surface area contributed by atoms with Gasteiger partial charge in [-0.2, -0.15) is 0 Å². The third-order valence-electron chi connectivity index (χ3n) is 4.13. The smallest absolute Gasteiger partial charge is 0.219 e. The Hall–Kier alpha value is -2.54. The molecular weight excluding hydrogens is 342 g/mol. The Morgan fingerprint density at radius 2 is 1.96 bits per heavy atom. The molecule has 2 heterocycles. The number of nitrogens with one attached hydrogen (secondary N) is 1. The standard InChI is InChI=1S/C17H20ClN5O2/c1-12(24)22-5-7-23(8-6-22)17-10-16(19-11-20-17)21-14-9-13(18)3-4-15(14)25-2/h3-4,9-11H,5-8H2,1-2H3,(H,19,20,21). The molecule has 0 radical (unpaired) electrons. The zero-order valence-corrected chi connectivity index (χ0v) is 15.0. The maximum atomic E-state index is 11.4. The molecule has 1 amide bonds. The quantitative estimate of drug-likeness (QED) is 0.902. The fourth-order valence-electron chi connectivity index (χ4n) is 2.75. The second-order valence-corrected chi connectivity index (χ2v) is 6.16. The van der Waals surface area contributed by atoms with E-state index in [-0.39, 0.29) is 5.91 Å². The third-order valence-corrected chi connectivity index (χ3v) is 4.36. The van der Waals surface area contributed by atoms with E-state index < -0.39 is 0 Å². The summed E-state index contributed by atoms with van der Waals surface area (Å²) in [5, 5.41) is 3.83. The molecular formula is C17H20ClN5O2. The van der Waals surface area contributed by atoms with Crippen molar-refractivity contribution < 1.29 is 9.53 Å². The molecule has 1 N–H and O–H groups in total. The predicted molar refractivity (Wildman–Crippen MR) is 97.8 cm³/mol. The predicted octanol–water partition coefficient (Wildman–Crippen LogP) is 2.55. The first-order chi connectivity index (χ1) is 12.1. The Morgan fingerprint density at radius 1 is 1.20 bits per heavy atom. The van der Waals surface area contributed by atoms with Crippen molar-refractivity contribution in [3.8, 4) is 5.75 Å². The van der Waals surface area contributed by atoms with Gasteiger partial charge in [-0.05, 0) is 18.2 Å². The molecule has 1 aliphatic heterocycles. The Bertz CT molecular complexity index is 762. The third kappa shape index (κ3) is 4.11. The zero-order valence-electron chi connectivity index (χ0n) is 14.2. The average Bonchev–Trinajstić information content (AvgIpc) is 2.62. The number of carbonyl (C=O) groups is 1. The van der Waals surface area contributed by atoms with E-state index in [1.165, 1.54) is 6.33 Å². The fraction of sp³-hybridized carbons (Fsp3) is 0.353. The van der Waals surface area contributed by atoms with Crippen LogP contribution in [-0.2, 0) is 4.79 Å². The molecule has 7 nitrogen and oxygen atoms in total. The van der Waals surface area contributed by atoms with Gasteiger partial charge in [0.15, 0.2) is 0 Å². The summed E-state index contributed by atoms with van der Waals surface area (Å²) in [6.45, 7) is 4.49. The second kappa shape index (κ2) is 7.57. The highest BCUT2D eigenvalue weighted by Crippen LogP contribution is 2.30. The van der Waals surface area contributed by atoms with Crippen LogP contribution in [0.2, 0.25) is 5.02 Å². The van der Waals surface area contributed by atoms with Crippen LogP contribution >= 0.6 is 11.6 Å². The molecule has 132 valence electrons. The zero-order chi connectivity index (χ0) is 17.8. The number of amides is 1. The number of hydrogen-bond acceptors (Lipinski definition) is 6. The van der Waals surface area contributed by atoms with Crippen LogP contribution in [0.3, 0.4) is 0 Å². The molecule has 1 aromatic carbocycles. The van der Waals surface area contributed by atoms with E-state index in [4.69, 9.17) is 16.3 Å². The lowest BCUT2D eigenvalue weighted by atomic mass is 10.3. The first-order valence-electron chi connectivity index (χ1n) is 8.00. The van der Waals surface area contributed by atoms with Crippen molar-refractivity contribution in [1.29, 1.82) is 0 Å². The number of benzene rings is 1. The molecule has 0 aliphatic carbocycles. The van der Waals surface area contributed by atoms with E-state index in [0.717, 1.165) is 24.6 Å². The lowest BCUT2D eigenvalue weighted by Gasteiger charge is -2.34. The lowest BCUT2D eigenvalue weighted by Crippen LogP contribution is -2.48. The second-order valence-electron chi connectivity index (χ2n) is 5.72. The number of hydrogen-bond donors (Lipinski definition) is 1. The van der Waals surface area contributed by atoms with E-state index >= 15 is 0 Å². The van der Waals surface area contributed by atoms with Crippen molar-refractivity contribution in [2.45, 2.75) is 6.92 Å². The van der Waals surface area contributed by atoms with Crippen LogP contribution in [0.25, 0.3) is 0 Å². The summed E-state index contributed by atoms with van der Waals surface area (Å²) in [5.74, 6) is 2.26. The van der Waals surface area contributed by atoms with Crippen LogP contribution in [0.4, 0.5) is 17.3 Å². The maximum Gasteiger partial charge on any atom is 0.219 e. The summed E-state index contributed by atoms with van der Waals surface area (Å²) in [4.78, 5) is 24.0. The van der Waals surface area contributed by atoms with Gasteiger partial charge in [0, 0.05) is 44.2 Å². The van der Waals surface area contributed by atoms with E-state index in [1.54, 1.807) is 32.2 Å². The van der Waals surface area contributed by atoms with Crippen LogP contribution in [0.1, 0.15) is 6.92 Å². The van der Waals surface area contributed by atoms with Crippen molar-refractivity contribution in [3.63, 3.8) is 0 Å². The van der Waals surface area contributed by atoms with Gasteiger partial charge in [0.1, 0.15) is 23.7 Å². The van der Waals surface area contributed by atoms with Crippen molar-refractivity contribution >= 4 is 34.8 Å². The molecule has 0 atom stereocenters. The Morgan fingerprint density at radius 3 is 2.64 bits per heavy atom. The largest absolute Gasteiger partial charge is 0.495 e. The molecule has 8 heteroatoms. The number of piperazine rings is 1. The molecule has 1 saturated heterocycles. The van der Waals surface area contributed by atoms with Crippen LogP contribution in [0.5, 0.6) is 5.75 Å². The molecule has 0 bridgehead atoms. The van der Waals surface area contributed by atoms with Crippen molar-refractivity contribution in [2.24, 2.45) is 0 Å². The summed E-state index contributed by atoms with van der Waals surface area (Å²) in [6.07, 6.45) is 1.52. The van der Waals surface area contributed by atoms with E-state index in [0.29, 0.717) is 29.7 Å². The van der Waals surface area contributed by atoms with Crippen LogP contribution in [-0.4, -0.2) is 54.1 Å². The fourth-order valence-corrected chi connectivity index (χ4v) is 2.93. The van der Waals surface area contributed by atoms with Crippen molar-refractivity contribution in [2.75, 3.05) is 43.5 Å². The monoisotopic (exact) mass is 361 g/mol. The summed E-state index contributed by atoms with van der Waals surface area (Å²) < 4.78 is 5.34. The van der Waals surface area contributed by atoms with Crippen molar-refractivity contribution in [1.82, 2.24) is 14.9 Å². The summed E-state index contributed by atoms with van der Waals surface area (Å²) in [5.41, 5.74) is 0.737. The van der Waals surface area contributed by atoms with Gasteiger partial charge in [-0.3, -0.25) is 4.79 Å². The average molecular weight is 362 g/mol. The molecule has 25 heavy (non-hydrogen) atoms. The topological polar surface area (TPSA) is 70.6 Å². The number of nitrogens with zero attached hydrogens (tertiary/aromatic N) is 4. The SMILES string of the molecule is COc1ccc(Cl)cc1Nc1cc(N2CCN(C(C)=O)CC2)ncn1. The summed E-state index contributed by atoms with van der Waals surface area (Å²) in [7, 11) is 1.61. The van der Waals surface area contributed by atoms with Crippen LogP contribution in [0, 0.1) is 0 Å². The Kier molecular flexibility index (Phi) is 5.23. The van der Waals surface area contributed by atoms with Crippen molar-refractivity contribution in [3.05, 3.63) is 35.6 Å². The number of methoxy groups -OCH3 is 1. The molecule has 3 rings (SSSR count). The Balaban J connectivity index is 1.74. The number of rotatable bonds is 4.